The van der Waals surface area contributed by atoms with Crippen molar-refractivity contribution in [2.45, 2.75) is 52.6 Å². The molecule has 7 heteroatoms. The summed E-state index contributed by atoms with van der Waals surface area (Å²) in [5.41, 5.74) is 0.297. The third-order valence-electron chi connectivity index (χ3n) is 3.87. The van der Waals surface area contributed by atoms with E-state index in [1.165, 1.54) is 9.13 Å². The molecule has 0 aliphatic carbocycles. The molecule has 0 spiro atoms. The molecule has 0 atom stereocenters. The Bertz CT molecular complexity index is 798. The van der Waals surface area contributed by atoms with Gasteiger partial charge >= 0.3 is 5.69 Å². The first-order valence-electron chi connectivity index (χ1n) is 8.05. The molecule has 0 bridgehead atoms. The van der Waals surface area contributed by atoms with Gasteiger partial charge in [-0.3, -0.25) is 13.9 Å². The lowest BCUT2D eigenvalue weighted by Gasteiger charge is -2.11. The summed E-state index contributed by atoms with van der Waals surface area (Å²) in [5, 5.41) is 0. The van der Waals surface area contributed by atoms with Crippen molar-refractivity contribution in [3.05, 3.63) is 27.2 Å². The maximum atomic E-state index is 12.7. The Kier molecular flexibility index (Phi) is 5.52. The second-order valence-corrected chi connectivity index (χ2v) is 6.28. The molecule has 0 aromatic carbocycles. The summed E-state index contributed by atoms with van der Waals surface area (Å²) >= 11 is 0. The van der Waals surface area contributed by atoms with E-state index in [1.54, 1.807) is 13.4 Å². The van der Waals surface area contributed by atoms with E-state index in [0.29, 0.717) is 30.7 Å². The van der Waals surface area contributed by atoms with E-state index in [0.717, 1.165) is 25.5 Å². The van der Waals surface area contributed by atoms with Crippen LogP contribution in [0.4, 0.5) is 0 Å². The van der Waals surface area contributed by atoms with Gasteiger partial charge < -0.3 is 9.36 Å². The van der Waals surface area contributed by atoms with Gasteiger partial charge in [0.1, 0.15) is 6.29 Å². The normalized spacial score (nSPS) is 11.5. The molecule has 0 saturated carbocycles. The fraction of sp³-hybridized carbons (Fsp3) is 0.625. The van der Waals surface area contributed by atoms with Crippen LogP contribution in [0.25, 0.3) is 11.2 Å². The quantitative estimate of drug-likeness (QED) is 0.543. The Morgan fingerprint density at radius 2 is 1.96 bits per heavy atom. The van der Waals surface area contributed by atoms with Gasteiger partial charge in [-0.05, 0) is 18.8 Å². The second-order valence-electron chi connectivity index (χ2n) is 6.28. The van der Waals surface area contributed by atoms with Crippen molar-refractivity contribution in [1.82, 2.24) is 18.7 Å². The average Bonchev–Trinajstić information content (AvgIpc) is 2.93. The van der Waals surface area contributed by atoms with Gasteiger partial charge in [0.25, 0.3) is 5.56 Å². The zero-order chi connectivity index (χ0) is 17.0. The Hall–Kier alpha value is -2.18. The van der Waals surface area contributed by atoms with E-state index in [2.05, 4.69) is 4.98 Å². The van der Waals surface area contributed by atoms with Crippen molar-refractivity contribution in [1.29, 1.82) is 0 Å². The number of imidazole rings is 1. The van der Waals surface area contributed by atoms with Gasteiger partial charge in [0.05, 0.1) is 6.33 Å². The molecule has 7 nitrogen and oxygen atoms in total. The lowest BCUT2D eigenvalue weighted by Crippen LogP contribution is -2.40. The maximum absolute atomic E-state index is 12.7. The van der Waals surface area contributed by atoms with Crippen molar-refractivity contribution in [3.63, 3.8) is 0 Å². The zero-order valence-electron chi connectivity index (χ0n) is 14.0. The minimum atomic E-state index is -0.326. The molecule has 0 fully saturated rings. The minimum absolute atomic E-state index is 0.206. The van der Waals surface area contributed by atoms with Crippen LogP contribution < -0.4 is 11.2 Å². The smallest absolute Gasteiger partial charge is 0.325 e. The number of carbonyl (C=O) groups excluding carboxylic acids is 1. The molecule has 0 aliphatic rings. The lowest BCUT2D eigenvalue weighted by molar-refractivity contribution is -0.107. The van der Waals surface area contributed by atoms with Gasteiger partial charge in [-0.2, -0.15) is 0 Å². The Balaban J connectivity index is 2.37. The summed E-state index contributed by atoms with van der Waals surface area (Å²) in [6.45, 7) is 5.00. The first kappa shape index (κ1) is 17.2. The predicted molar refractivity (Wildman–Crippen MR) is 88.6 cm³/mol. The number of aryl methyl sites for hydroxylation is 2. The molecule has 2 rings (SSSR count). The second kappa shape index (κ2) is 7.39. The fourth-order valence-corrected chi connectivity index (χ4v) is 2.70. The van der Waals surface area contributed by atoms with Crippen LogP contribution in [0.15, 0.2) is 15.9 Å². The first-order chi connectivity index (χ1) is 11.0. The monoisotopic (exact) mass is 320 g/mol. The number of aldehydes is 1. The predicted octanol–water partition coefficient (Wildman–Crippen LogP) is 1.31. The fourth-order valence-electron chi connectivity index (χ4n) is 2.70. The molecule has 2 aromatic rings. The van der Waals surface area contributed by atoms with Crippen LogP contribution in [0.3, 0.4) is 0 Å². The first-order valence-corrected chi connectivity index (χ1v) is 8.05. The highest BCUT2D eigenvalue weighted by atomic mass is 16.2. The highest BCUT2D eigenvalue weighted by molar-refractivity contribution is 5.69. The third-order valence-corrected chi connectivity index (χ3v) is 3.87. The molecule has 0 unspecified atom stereocenters. The van der Waals surface area contributed by atoms with E-state index in [9.17, 15) is 14.4 Å². The van der Waals surface area contributed by atoms with Crippen LogP contribution in [0, 0.1) is 5.92 Å². The van der Waals surface area contributed by atoms with E-state index >= 15 is 0 Å². The molecule has 23 heavy (non-hydrogen) atoms. The van der Waals surface area contributed by atoms with Gasteiger partial charge in [-0.15, -0.1) is 0 Å². The van der Waals surface area contributed by atoms with Crippen molar-refractivity contribution in [3.8, 4) is 0 Å². The van der Waals surface area contributed by atoms with Gasteiger partial charge in [-0.1, -0.05) is 20.3 Å². The molecule has 0 N–H and O–H groups in total. The Labute approximate surface area is 134 Å². The summed E-state index contributed by atoms with van der Waals surface area (Å²) in [6.07, 6.45) is 5.75. The minimum Gasteiger partial charge on any atom is -0.325 e. The SMILES string of the molecule is CC(C)Cn1c(=O)c2c(ncn2CCCCCC=O)n(C)c1=O. The van der Waals surface area contributed by atoms with Crippen molar-refractivity contribution < 1.29 is 4.79 Å². The molecule has 0 amide bonds. The van der Waals surface area contributed by atoms with Gasteiger partial charge in [0.2, 0.25) is 0 Å². The number of nitrogens with zero attached hydrogens (tertiary/aromatic N) is 4. The van der Waals surface area contributed by atoms with E-state index in [-0.39, 0.29) is 17.2 Å². The van der Waals surface area contributed by atoms with Crippen LogP contribution in [0.5, 0.6) is 0 Å². The highest BCUT2D eigenvalue weighted by Gasteiger charge is 2.16. The van der Waals surface area contributed by atoms with Crippen LogP contribution in [-0.4, -0.2) is 25.0 Å². The van der Waals surface area contributed by atoms with Crippen molar-refractivity contribution >= 4 is 17.5 Å². The van der Waals surface area contributed by atoms with Crippen LogP contribution in [-0.2, 0) is 24.9 Å². The average molecular weight is 320 g/mol. The van der Waals surface area contributed by atoms with Gasteiger partial charge in [0, 0.05) is 26.6 Å². The van der Waals surface area contributed by atoms with E-state index in [4.69, 9.17) is 0 Å². The zero-order valence-corrected chi connectivity index (χ0v) is 14.0. The highest BCUT2D eigenvalue weighted by Crippen LogP contribution is 2.09. The molecule has 2 aromatic heterocycles. The summed E-state index contributed by atoms with van der Waals surface area (Å²) in [7, 11) is 1.64. The summed E-state index contributed by atoms with van der Waals surface area (Å²) < 4.78 is 4.54. The van der Waals surface area contributed by atoms with E-state index in [1.807, 2.05) is 18.4 Å². The number of fused-ring (bicyclic) bond motifs is 1. The van der Waals surface area contributed by atoms with Crippen LogP contribution in [0.2, 0.25) is 0 Å². The molecule has 0 saturated heterocycles. The van der Waals surface area contributed by atoms with Crippen LogP contribution in [0.1, 0.15) is 39.5 Å². The third kappa shape index (κ3) is 3.60. The molecule has 0 aliphatic heterocycles. The molecule has 2 heterocycles. The Morgan fingerprint density at radius 1 is 1.22 bits per heavy atom. The number of hydrogen-bond donors (Lipinski definition) is 0. The van der Waals surface area contributed by atoms with E-state index < -0.39 is 0 Å². The number of carbonyl (C=O) groups is 1. The summed E-state index contributed by atoms with van der Waals surface area (Å²) in [4.78, 5) is 39.6. The number of aromatic nitrogens is 4. The van der Waals surface area contributed by atoms with Crippen LogP contribution >= 0.6 is 0 Å². The van der Waals surface area contributed by atoms with Gasteiger partial charge in [-0.25, -0.2) is 9.78 Å². The number of hydrogen-bond acceptors (Lipinski definition) is 4. The maximum Gasteiger partial charge on any atom is 0.332 e. The topological polar surface area (TPSA) is 78.9 Å². The Morgan fingerprint density at radius 3 is 2.61 bits per heavy atom. The summed E-state index contributed by atoms with van der Waals surface area (Å²) in [5.74, 6) is 0.206. The lowest BCUT2D eigenvalue weighted by atomic mass is 10.2. The molecular formula is C16H24N4O3. The summed E-state index contributed by atoms with van der Waals surface area (Å²) in [6, 6.07) is 0. The standard InChI is InChI=1S/C16H24N4O3/c1-12(2)10-20-15(22)13-14(18(3)16(20)23)17-11-19(13)8-6-4-5-7-9-21/h9,11-12H,4-8,10H2,1-3H3. The van der Waals surface area contributed by atoms with Crippen molar-refractivity contribution in [2.75, 3.05) is 0 Å². The largest absolute Gasteiger partial charge is 0.332 e. The van der Waals surface area contributed by atoms with Gasteiger partial charge in [0.15, 0.2) is 11.2 Å². The number of unbranched alkanes of at least 4 members (excludes halogenated alkanes) is 3. The number of rotatable bonds is 8. The molecule has 126 valence electrons. The van der Waals surface area contributed by atoms with Crippen molar-refractivity contribution in [2.24, 2.45) is 13.0 Å². The molecule has 0 radical (unpaired) electrons. The molecular weight excluding hydrogens is 296 g/mol.